The zero-order valence-electron chi connectivity index (χ0n) is 15.1. The maximum Gasteiger partial charge on any atom is 0.271 e. The summed E-state index contributed by atoms with van der Waals surface area (Å²) in [7, 11) is 0. The number of benzene rings is 1. The predicted octanol–water partition coefficient (Wildman–Crippen LogP) is 2.39. The van der Waals surface area contributed by atoms with Crippen molar-refractivity contribution in [2.45, 2.75) is 19.0 Å². The number of rotatable bonds is 7. The first kappa shape index (κ1) is 20.8. The van der Waals surface area contributed by atoms with Gasteiger partial charge in [0.2, 0.25) is 5.88 Å². The molecule has 0 saturated heterocycles. The molecule has 3 rings (SSSR count). The van der Waals surface area contributed by atoms with Crippen molar-refractivity contribution in [2.24, 2.45) is 5.73 Å². The van der Waals surface area contributed by atoms with Crippen LogP contribution in [0.5, 0.6) is 5.88 Å². The second-order valence-corrected chi connectivity index (χ2v) is 7.16. The molecule has 2 heterocycles. The second kappa shape index (κ2) is 8.21. The minimum atomic E-state index is -1.26. The smallest absolute Gasteiger partial charge is 0.271 e. The van der Waals surface area contributed by atoms with Gasteiger partial charge in [0.05, 0.1) is 12.1 Å². The Morgan fingerprint density at radius 3 is 2.72 bits per heavy atom. The minimum Gasteiger partial charge on any atom is -0.474 e. The minimum absolute atomic E-state index is 0.0179. The summed E-state index contributed by atoms with van der Waals surface area (Å²) in [4.78, 5) is 26.6. The first-order valence-corrected chi connectivity index (χ1v) is 9.05. The van der Waals surface area contributed by atoms with E-state index >= 15 is 0 Å². The molecule has 0 aliphatic rings. The Morgan fingerprint density at radius 1 is 1.38 bits per heavy atom. The molecule has 3 aromatic rings. The number of aromatic nitrogens is 3. The largest absolute Gasteiger partial charge is 0.474 e. The zero-order chi connectivity index (χ0) is 21.2. The summed E-state index contributed by atoms with van der Waals surface area (Å²) in [6.45, 7) is 1.22. The Balaban J connectivity index is 1.81. The third-order valence-electron chi connectivity index (χ3n) is 4.02. The molecule has 1 atom stereocenters. The highest BCUT2D eigenvalue weighted by molar-refractivity contribution is 9.10. The van der Waals surface area contributed by atoms with Gasteiger partial charge in [0.15, 0.2) is 5.76 Å². The van der Waals surface area contributed by atoms with Gasteiger partial charge in [0.1, 0.15) is 46.6 Å². The van der Waals surface area contributed by atoms with E-state index in [-0.39, 0.29) is 40.5 Å². The predicted molar refractivity (Wildman–Crippen MR) is 101 cm³/mol. The van der Waals surface area contributed by atoms with Crippen LogP contribution >= 0.6 is 15.9 Å². The molecule has 11 heteroatoms. The quantitative estimate of drug-likeness (QED) is 0.529. The van der Waals surface area contributed by atoms with Crippen molar-refractivity contribution in [1.29, 1.82) is 0 Å². The molecule has 0 amide bonds. The number of halogens is 3. The molecule has 0 aliphatic heterocycles. The Kier molecular flexibility index (Phi) is 5.89. The standard InChI is InChI=1S/C18H15BrF2N4O4/c1-18(22,8-28-16-15(19)17(27)25(5-6-26)9-23-16)13-7-12(24-29-13)14-10(20)3-2-4-11(14)21/h2-4,6-7,9H,5,8,22H2,1H3. The van der Waals surface area contributed by atoms with E-state index in [1.165, 1.54) is 12.1 Å². The Hall–Kier alpha value is -2.92. The highest BCUT2D eigenvalue weighted by Crippen LogP contribution is 2.29. The summed E-state index contributed by atoms with van der Waals surface area (Å²) in [6.07, 6.45) is 1.73. The molecule has 29 heavy (non-hydrogen) atoms. The molecule has 1 unspecified atom stereocenters. The van der Waals surface area contributed by atoms with Crippen molar-refractivity contribution < 1.29 is 22.8 Å². The van der Waals surface area contributed by atoms with E-state index in [0.29, 0.717) is 6.29 Å². The van der Waals surface area contributed by atoms with Gasteiger partial charge in [-0.2, -0.15) is 0 Å². The van der Waals surface area contributed by atoms with Crippen LogP contribution in [0.25, 0.3) is 11.3 Å². The molecule has 2 N–H and O–H groups in total. The third kappa shape index (κ3) is 4.25. The molecule has 0 radical (unpaired) electrons. The lowest BCUT2D eigenvalue weighted by atomic mass is 10.0. The summed E-state index contributed by atoms with van der Waals surface area (Å²) in [5.41, 5.74) is 4.06. The fraction of sp³-hybridized carbons (Fsp3) is 0.222. The molecule has 152 valence electrons. The highest BCUT2D eigenvalue weighted by atomic mass is 79.9. The lowest BCUT2D eigenvalue weighted by Crippen LogP contribution is -2.39. The summed E-state index contributed by atoms with van der Waals surface area (Å²) >= 11 is 3.08. The van der Waals surface area contributed by atoms with Crippen LogP contribution in [-0.4, -0.2) is 27.6 Å². The van der Waals surface area contributed by atoms with Gasteiger partial charge in [-0.15, -0.1) is 0 Å². The average molecular weight is 469 g/mol. The Bertz CT molecular complexity index is 1090. The van der Waals surface area contributed by atoms with Crippen molar-refractivity contribution in [1.82, 2.24) is 14.7 Å². The van der Waals surface area contributed by atoms with Crippen LogP contribution in [0, 0.1) is 11.6 Å². The number of hydrogen-bond acceptors (Lipinski definition) is 7. The average Bonchev–Trinajstić information content (AvgIpc) is 3.15. The van der Waals surface area contributed by atoms with Gasteiger partial charge in [0.25, 0.3) is 5.56 Å². The van der Waals surface area contributed by atoms with E-state index in [0.717, 1.165) is 23.0 Å². The molecular formula is C18H15BrF2N4O4. The maximum atomic E-state index is 13.9. The van der Waals surface area contributed by atoms with Gasteiger partial charge >= 0.3 is 0 Å². The monoisotopic (exact) mass is 468 g/mol. The number of hydrogen-bond donors (Lipinski definition) is 1. The Labute approximate surface area is 171 Å². The van der Waals surface area contributed by atoms with Crippen LogP contribution in [-0.2, 0) is 16.9 Å². The fourth-order valence-electron chi connectivity index (χ4n) is 2.45. The third-order valence-corrected chi connectivity index (χ3v) is 4.70. The van der Waals surface area contributed by atoms with E-state index in [1.807, 2.05) is 0 Å². The van der Waals surface area contributed by atoms with Crippen molar-refractivity contribution in [3.8, 4) is 17.1 Å². The van der Waals surface area contributed by atoms with Crippen LogP contribution < -0.4 is 16.0 Å². The van der Waals surface area contributed by atoms with Crippen LogP contribution in [0.3, 0.4) is 0 Å². The number of nitrogens with zero attached hydrogens (tertiary/aromatic N) is 3. The Morgan fingerprint density at radius 2 is 2.07 bits per heavy atom. The van der Waals surface area contributed by atoms with Gasteiger partial charge in [-0.05, 0) is 35.0 Å². The lowest BCUT2D eigenvalue weighted by molar-refractivity contribution is -0.108. The number of ether oxygens (including phenoxy) is 1. The molecular weight excluding hydrogens is 454 g/mol. The normalized spacial score (nSPS) is 13.1. The molecule has 0 fully saturated rings. The molecule has 1 aromatic carbocycles. The number of aldehydes is 1. The SMILES string of the molecule is CC(N)(COc1ncn(CC=O)c(=O)c1Br)c1cc(-c2c(F)cccc2F)no1. The van der Waals surface area contributed by atoms with Crippen molar-refractivity contribution in [3.63, 3.8) is 0 Å². The summed E-state index contributed by atoms with van der Waals surface area (Å²) in [5, 5.41) is 3.69. The molecule has 0 saturated carbocycles. The van der Waals surface area contributed by atoms with Gasteiger partial charge in [0, 0.05) is 6.07 Å². The maximum absolute atomic E-state index is 13.9. The summed E-state index contributed by atoms with van der Waals surface area (Å²) < 4.78 is 39.7. The first-order chi connectivity index (χ1) is 13.7. The van der Waals surface area contributed by atoms with E-state index < -0.39 is 22.7 Å². The topological polar surface area (TPSA) is 113 Å². The van der Waals surface area contributed by atoms with Gasteiger partial charge in [-0.25, -0.2) is 13.8 Å². The lowest BCUT2D eigenvalue weighted by Gasteiger charge is -2.21. The van der Waals surface area contributed by atoms with E-state index in [1.54, 1.807) is 6.92 Å². The fourth-order valence-corrected chi connectivity index (χ4v) is 2.90. The molecule has 2 aromatic heterocycles. The van der Waals surface area contributed by atoms with Crippen LogP contribution in [0.1, 0.15) is 12.7 Å². The molecule has 0 aliphatic carbocycles. The summed E-state index contributed by atoms with van der Waals surface area (Å²) in [5.74, 6) is -1.50. The second-order valence-electron chi connectivity index (χ2n) is 6.37. The van der Waals surface area contributed by atoms with Crippen LogP contribution in [0.15, 0.2) is 44.4 Å². The van der Waals surface area contributed by atoms with Gasteiger partial charge in [-0.1, -0.05) is 11.2 Å². The van der Waals surface area contributed by atoms with Crippen molar-refractivity contribution in [3.05, 3.63) is 62.8 Å². The van der Waals surface area contributed by atoms with E-state index in [9.17, 15) is 18.4 Å². The molecule has 0 bridgehead atoms. The highest BCUT2D eigenvalue weighted by Gasteiger charge is 2.30. The van der Waals surface area contributed by atoms with Gasteiger partial charge < -0.3 is 19.8 Å². The van der Waals surface area contributed by atoms with Gasteiger partial charge in [-0.3, -0.25) is 9.36 Å². The van der Waals surface area contributed by atoms with Crippen molar-refractivity contribution >= 4 is 22.2 Å². The number of nitrogens with two attached hydrogens (primary N) is 1. The molecule has 0 spiro atoms. The summed E-state index contributed by atoms with van der Waals surface area (Å²) in [6, 6.07) is 4.76. The van der Waals surface area contributed by atoms with Crippen LogP contribution in [0.4, 0.5) is 8.78 Å². The number of carbonyl (C=O) groups is 1. The zero-order valence-corrected chi connectivity index (χ0v) is 16.7. The molecule has 8 nitrogen and oxygen atoms in total. The number of carbonyl (C=O) groups excluding carboxylic acids is 1. The van der Waals surface area contributed by atoms with Crippen LogP contribution in [0.2, 0.25) is 0 Å². The van der Waals surface area contributed by atoms with E-state index in [4.69, 9.17) is 15.0 Å². The first-order valence-electron chi connectivity index (χ1n) is 8.26. The van der Waals surface area contributed by atoms with Crippen molar-refractivity contribution in [2.75, 3.05) is 6.61 Å². The van der Waals surface area contributed by atoms with E-state index in [2.05, 4.69) is 26.1 Å².